The number of nitrogens with two attached hydrogens (primary N) is 1. The average molecular weight is 422 g/mol. The van der Waals surface area contributed by atoms with E-state index >= 15 is 0 Å². The van der Waals surface area contributed by atoms with Gasteiger partial charge in [0.25, 0.3) is 0 Å². The number of aliphatic carboxylic acids is 2. The molecule has 8 N–H and O–H groups in total. The Labute approximate surface area is 172 Å². The fraction of sp³-hybridized carbons (Fsp3) is 0.350. The summed E-state index contributed by atoms with van der Waals surface area (Å²) in [5.74, 6) is -2.51. The molecule has 2 aromatic rings. The number of rotatable bonds is 4. The monoisotopic (exact) mass is 422 g/mol. The number of hydrogen-bond donors (Lipinski definition) is 7. The van der Waals surface area contributed by atoms with Gasteiger partial charge in [0.05, 0.1) is 24.8 Å². The zero-order valence-electron chi connectivity index (χ0n) is 16.2. The van der Waals surface area contributed by atoms with Gasteiger partial charge < -0.3 is 36.4 Å². The number of carboxylic acid groups (broad SMARTS) is 2. The molecular weight excluding hydrogens is 396 g/mol. The van der Waals surface area contributed by atoms with Crippen LogP contribution < -0.4 is 5.73 Å². The Bertz CT molecular complexity index is 864. The summed E-state index contributed by atoms with van der Waals surface area (Å²) in [5.41, 5.74) is 9.58. The average Bonchev–Trinajstić information content (AvgIpc) is 2.72. The molecule has 0 saturated carbocycles. The molecule has 1 aromatic heterocycles. The number of hydrogen-bond acceptors (Lipinski definition) is 8. The van der Waals surface area contributed by atoms with Crippen LogP contribution in [0.25, 0.3) is 10.9 Å². The van der Waals surface area contributed by atoms with Gasteiger partial charge >= 0.3 is 11.9 Å². The lowest BCUT2D eigenvalue weighted by Crippen LogP contribution is -2.15. The molecule has 30 heavy (non-hydrogen) atoms. The van der Waals surface area contributed by atoms with Crippen LogP contribution in [-0.4, -0.2) is 66.9 Å². The van der Waals surface area contributed by atoms with Crippen molar-refractivity contribution >= 4 is 28.5 Å². The van der Waals surface area contributed by atoms with E-state index in [0.717, 1.165) is 41.4 Å². The third-order valence-electron chi connectivity index (χ3n) is 4.07. The molecule has 164 valence electrons. The van der Waals surface area contributed by atoms with Crippen molar-refractivity contribution in [1.82, 2.24) is 4.98 Å². The molecule has 1 heterocycles. The van der Waals surface area contributed by atoms with Crippen LogP contribution in [0.5, 0.6) is 0 Å². The SMILES string of the molecule is Nc1c2c(nc3ccccc13)CCCC2O.O=C(O)/C=C\C(=O)O.OCC(O)CO. The van der Waals surface area contributed by atoms with Crippen LogP contribution in [0.1, 0.15) is 30.2 Å². The largest absolute Gasteiger partial charge is 0.478 e. The van der Waals surface area contributed by atoms with E-state index in [1.165, 1.54) is 0 Å². The first kappa shape index (κ1) is 25.0. The van der Waals surface area contributed by atoms with Gasteiger partial charge in [-0.05, 0) is 25.3 Å². The molecule has 1 aromatic carbocycles. The first-order valence-corrected chi connectivity index (χ1v) is 9.10. The number of carbonyl (C=O) groups is 2. The zero-order valence-corrected chi connectivity index (χ0v) is 16.2. The normalized spacial score (nSPS) is 15.0. The van der Waals surface area contributed by atoms with Gasteiger partial charge in [-0.15, -0.1) is 0 Å². The summed E-state index contributed by atoms with van der Waals surface area (Å²) >= 11 is 0. The highest BCUT2D eigenvalue weighted by molar-refractivity contribution is 5.92. The number of aliphatic hydroxyl groups is 4. The van der Waals surface area contributed by atoms with Gasteiger partial charge in [-0.1, -0.05) is 18.2 Å². The Morgan fingerprint density at radius 1 is 1.13 bits per heavy atom. The molecule has 0 aliphatic heterocycles. The predicted octanol–water partition coefficient (Wildman–Crippen LogP) is 0.230. The molecule has 10 nitrogen and oxygen atoms in total. The number of nitrogen functional groups attached to an aromatic ring is 1. The number of aliphatic hydroxyl groups excluding tert-OH is 4. The summed E-state index contributed by atoms with van der Waals surface area (Å²) in [6.45, 7) is -0.729. The summed E-state index contributed by atoms with van der Waals surface area (Å²) in [6.07, 6.45) is 2.41. The highest BCUT2D eigenvalue weighted by Gasteiger charge is 2.23. The molecule has 1 aliphatic rings. The fourth-order valence-corrected chi connectivity index (χ4v) is 2.67. The molecule has 0 radical (unpaired) electrons. The summed E-state index contributed by atoms with van der Waals surface area (Å²) in [5, 5.41) is 50.6. The van der Waals surface area contributed by atoms with Gasteiger partial charge in [0.1, 0.15) is 6.10 Å². The van der Waals surface area contributed by atoms with Crippen LogP contribution in [0, 0.1) is 0 Å². The molecule has 0 amide bonds. The van der Waals surface area contributed by atoms with E-state index in [1.54, 1.807) is 0 Å². The summed E-state index contributed by atoms with van der Waals surface area (Å²) < 4.78 is 0. The van der Waals surface area contributed by atoms with Crippen LogP contribution >= 0.6 is 0 Å². The second-order valence-corrected chi connectivity index (χ2v) is 6.34. The van der Waals surface area contributed by atoms with Crippen LogP contribution in [0.3, 0.4) is 0 Å². The van der Waals surface area contributed by atoms with Gasteiger partial charge in [0, 0.05) is 34.5 Å². The quantitative estimate of drug-likeness (QED) is 0.335. The Kier molecular flexibility index (Phi) is 10.4. The van der Waals surface area contributed by atoms with Gasteiger partial charge in [-0.3, -0.25) is 4.98 Å². The fourth-order valence-electron chi connectivity index (χ4n) is 2.67. The van der Waals surface area contributed by atoms with Crippen LogP contribution in [0.15, 0.2) is 36.4 Å². The third kappa shape index (κ3) is 7.76. The molecular formula is C20H26N2O8. The van der Waals surface area contributed by atoms with Crippen molar-refractivity contribution in [1.29, 1.82) is 0 Å². The van der Waals surface area contributed by atoms with Gasteiger partial charge in [-0.25, -0.2) is 9.59 Å². The highest BCUT2D eigenvalue weighted by atomic mass is 16.4. The smallest absolute Gasteiger partial charge is 0.328 e. The lowest BCUT2D eigenvalue weighted by molar-refractivity contribution is -0.134. The number of carboxylic acids is 2. The number of benzene rings is 1. The Balaban J connectivity index is 0.000000272. The lowest BCUT2D eigenvalue weighted by atomic mass is 9.90. The van der Waals surface area contributed by atoms with Crippen LogP contribution in [-0.2, 0) is 16.0 Å². The molecule has 1 unspecified atom stereocenters. The van der Waals surface area contributed by atoms with Gasteiger partial charge in [0.2, 0.25) is 0 Å². The lowest BCUT2D eigenvalue weighted by Gasteiger charge is -2.23. The number of aromatic nitrogens is 1. The summed E-state index contributed by atoms with van der Waals surface area (Å²) in [6, 6.07) is 7.83. The number of nitrogens with zero attached hydrogens (tertiary/aromatic N) is 1. The summed E-state index contributed by atoms with van der Waals surface area (Å²) in [7, 11) is 0. The summed E-state index contributed by atoms with van der Waals surface area (Å²) in [4.78, 5) is 23.7. The Morgan fingerprint density at radius 3 is 2.20 bits per heavy atom. The Hall–Kier alpha value is -3.05. The van der Waals surface area contributed by atoms with Crippen molar-refractivity contribution in [2.75, 3.05) is 18.9 Å². The van der Waals surface area contributed by atoms with E-state index in [2.05, 4.69) is 4.98 Å². The minimum Gasteiger partial charge on any atom is -0.478 e. The molecule has 3 rings (SSSR count). The maximum Gasteiger partial charge on any atom is 0.328 e. The van der Waals surface area contributed by atoms with E-state index in [1.807, 2.05) is 24.3 Å². The van der Waals surface area contributed by atoms with Crippen molar-refractivity contribution in [2.45, 2.75) is 31.5 Å². The Morgan fingerprint density at radius 2 is 1.70 bits per heavy atom. The number of pyridine rings is 1. The number of anilines is 1. The molecule has 0 saturated heterocycles. The van der Waals surface area contributed by atoms with E-state index in [4.69, 9.17) is 31.3 Å². The van der Waals surface area contributed by atoms with E-state index in [9.17, 15) is 14.7 Å². The van der Waals surface area contributed by atoms with Crippen molar-refractivity contribution in [2.24, 2.45) is 0 Å². The van der Waals surface area contributed by atoms with Crippen molar-refractivity contribution < 1.29 is 40.2 Å². The zero-order chi connectivity index (χ0) is 22.7. The number of aryl methyl sites for hydroxylation is 1. The molecule has 0 fully saturated rings. The van der Waals surface area contributed by atoms with Crippen LogP contribution in [0.4, 0.5) is 5.69 Å². The molecule has 0 spiro atoms. The molecule has 10 heteroatoms. The predicted molar refractivity (Wildman–Crippen MR) is 109 cm³/mol. The standard InChI is InChI=1S/C13H14N2O.C4H4O4.C3H8O3/c14-13-8-4-1-2-5-9(8)15-10-6-3-7-11(16)12(10)13;5-3(6)1-2-4(7)8;4-1-3(6)2-5/h1-2,4-5,11,16H,3,6-7H2,(H2,14,15);1-2H,(H,5,6)(H,7,8);3-6H,1-2H2/b;2-1-;. The van der Waals surface area contributed by atoms with E-state index in [0.29, 0.717) is 17.8 Å². The van der Waals surface area contributed by atoms with Crippen molar-refractivity contribution in [3.63, 3.8) is 0 Å². The second kappa shape index (κ2) is 12.5. The van der Waals surface area contributed by atoms with E-state index in [-0.39, 0.29) is 13.2 Å². The van der Waals surface area contributed by atoms with Gasteiger partial charge in [-0.2, -0.15) is 0 Å². The molecule has 0 bridgehead atoms. The molecule has 1 aliphatic carbocycles. The van der Waals surface area contributed by atoms with Crippen molar-refractivity contribution in [3.05, 3.63) is 47.7 Å². The number of para-hydroxylation sites is 1. The maximum absolute atomic E-state index is 9.98. The third-order valence-corrected chi connectivity index (χ3v) is 4.07. The first-order chi connectivity index (χ1) is 14.2. The number of fused-ring (bicyclic) bond motifs is 2. The first-order valence-electron chi connectivity index (χ1n) is 9.10. The van der Waals surface area contributed by atoms with Crippen molar-refractivity contribution in [3.8, 4) is 0 Å². The maximum atomic E-state index is 9.98. The minimum absolute atomic E-state index is 0.365. The minimum atomic E-state index is -1.26. The molecule has 1 atom stereocenters. The van der Waals surface area contributed by atoms with Gasteiger partial charge in [0.15, 0.2) is 0 Å². The van der Waals surface area contributed by atoms with Crippen LogP contribution in [0.2, 0.25) is 0 Å². The highest BCUT2D eigenvalue weighted by Crippen LogP contribution is 2.36. The second-order valence-electron chi connectivity index (χ2n) is 6.34. The van der Waals surface area contributed by atoms with E-state index < -0.39 is 24.1 Å². The topological polar surface area (TPSA) is 194 Å².